The van der Waals surface area contributed by atoms with E-state index in [4.69, 9.17) is 9.47 Å². The van der Waals surface area contributed by atoms with Crippen molar-refractivity contribution in [1.29, 1.82) is 0 Å². The zero-order valence-corrected chi connectivity index (χ0v) is 11.9. The second-order valence-corrected chi connectivity index (χ2v) is 4.45. The Balaban J connectivity index is 1.81. The molecule has 0 unspecified atom stereocenters. The Kier molecular flexibility index (Phi) is 5.38. The second kappa shape index (κ2) is 7.50. The van der Waals surface area contributed by atoms with Gasteiger partial charge in [-0.05, 0) is 36.7 Å². The maximum Gasteiger partial charge on any atom is 0.217 e. The van der Waals surface area contributed by atoms with E-state index in [1.54, 1.807) is 20.4 Å². The molecule has 0 bridgehead atoms. The third-order valence-electron chi connectivity index (χ3n) is 3.08. The summed E-state index contributed by atoms with van der Waals surface area (Å²) in [5.41, 5.74) is 2.33. The Morgan fingerprint density at radius 1 is 1.10 bits per heavy atom. The molecule has 106 valence electrons. The highest BCUT2D eigenvalue weighted by Gasteiger charge is 2.02. The number of benzene rings is 1. The van der Waals surface area contributed by atoms with Crippen molar-refractivity contribution in [3.8, 4) is 11.6 Å². The number of rotatable bonds is 7. The van der Waals surface area contributed by atoms with Crippen LogP contribution in [-0.4, -0.2) is 25.7 Å². The molecule has 0 fully saturated rings. The number of nitrogens with one attached hydrogen (secondary N) is 1. The number of ether oxygens (including phenoxy) is 2. The zero-order valence-electron chi connectivity index (χ0n) is 11.9. The van der Waals surface area contributed by atoms with Gasteiger partial charge in [0.25, 0.3) is 0 Å². The maximum absolute atomic E-state index is 5.22. The Hall–Kier alpha value is -2.07. The first kappa shape index (κ1) is 14.3. The van der Waals surface area contributed by atoms with Gasteiger partial charge in [-0.2, -0.15) is 0 Å². The van der Waals surface area contributed by atoms with Crippen LogP contribution in [0.4, 0.5) is 0 Å². The van der Waals surface area contributed by atoms with Crippen LogP contribution in [0.3, 0.4) is 0 Å². The summed E-state index contributed by atoms with van der Waals surface area (Å²) in [6.45, 7) is 1.65. The van der Waals surface area contributed by atoms with Gasteiger partial charge in [0.2, 0.25) is 5.88 Å². The van der Waals surface area contributed by atoms with Gasteiger partial charge in [-0.1, -0.05) is 18.2 Å². The first-order valence-corrected chi connectivity index (χ1v) is 6.65. The molecule has 1 aromatic carbocycles. The molecular weight excluding hydrogens is 252 g/mol. The van der Waals surface area contributed by atoms with Crippen LogP contribution < -0.4 is 14.8 Å². The van der Waals surface area contributed by atoms with Gasteiger partial charge in [0.15, 0.2) is 0 Å². The molecule has 20 heavy (non-hydrogen) atoms. The molecule has 0 saturated carbocycles. The largest absolute Gasteiger partial charge is 0.497 e. The maximum atomic E-state index is 5.22. The SMILES string of the molecule is COc1cccc(CCNCc2cccnc2OC)c1. The summed E-state index contributed by atoms with van der Waals surface area (Å²) in [4.78, 5) is 4.18. The smallest absolute Gasteiger partial charge is 0.217 e. The van der Waals surface area contributed by atoms with E-state index >= 15 is 0 Å². The van der Waals surface area contributed by atoms with Crippen molar-refractivity contribution in [3.05, 3.63) is 53.7 Å². The Labute approximate surface area is 119 Å². The van der Waals surface area contributed by atoms with Gasteiger partial charge in [0, 0.05) is 18.3 Å². The Bertz CT molecular complexity index is 544. The summed E-state index contributed by atoms with van der Waals surface area (Å²) < 4.78 is 10.4. The van der Waals surface area contributed by atoms with E-state index in [0.717, 1.165) is 30.8 Å². The van der Waals surface area contributed by atoms with Crippen molar-refractivity contribution in [2.45, 2.75) is 13.0 Å². The van der Waals surface area contributed by atoms with Crippen LogP contribution in [0.15, 0.2) is 42.6 Å². The topological polar surface area (TPSA) is 43.4 Å². The number of hydrogen-bond donors (Lipinski definition) is 1. The van der Waals surface area contributed by atoms with E-state index in [1.165, 1.54) is 5.56 Å². The number of aromatic nitrogens is 1. The zero-order chi connectivity index (χ0) is 14.2. The number of nitrogens with zero attached hydrogens (tertiary/aromatic N) is 1. The molecule has 1 N–H and O–H groups in total. The van der Waals surface area contributed by atoms with E-state index in [1.807, 2.05) is 24.3 Å². The van der Waals surface area contributed by atoms with Gasteiger partial charge in [0.05, 0.1) is 14.2 Å². The van der Waals surface area contributed by atoms with Gasteiger partial charge in [-0.3, -0.25) is 0 Å². The summed E-state index contributed by atoms with van der Waals surface area (Å²) in [5, 5.41) is 3.40. The molecule has 1 aromatic heterocycles. The standard InChI is InChI=1S/C16H20N2O2/c1-19-15-7-3-5-13(11-15)8-10-17-12-14-6-4-9-18-16(14)20-2/h3-7,9,11,17H,8,10,12H2,1-2H3. The summed E-state index contributed by atoms with van der Waals surface area (Å²) in [5.74, 6) is 1.58. The van der Waals surface area contributed by atoms with Crippen LogP contribution in [-0.2, 0) is 13.0 Å². The third kappa shape index (κ3) is 3.96. The van der Waals surface area contributed by atoms with Crippen molar-refractivity contribution < 1.29 is 9.47 Å². The fourth-order valence-corrected chi connectivity index (χ4v) is 2.03. The fourth-order valence-electron chi connectivity index (χ4n) is 2.03. The van der Waals surface area contributed by atoms with Crippen molar-refractivity contribution >= 4 is 0 Å². The highest BCUT2D eigenvalue weighted by atomic mass is 16.5. The third-order valence-corrected chi connectivity index (χ3v) is 3.08. The van der Waals surface area contributed by atoms with E-state index in [9.17, 15) is 0 Å². The van der Waals surface area contributed by atoms with Crippen molar-refractivity contribution in [2.24, 2.45) is 0 Å². The average molecular weight is 272 g/mol. The normalized spacial score (nSPS) is 10.3. The first-order valence-electron chi connectivity index (χ1n) is 6.65. The number of hydrogen-bond acceptors (Lipinski definition) is 4. The van der Waals surface area contributed by atoms with Crippen LogP contribution in [0.2, 0.25) is 0 Å². The monoisotopic (exact) mass is 272 g/mol. The molecule has 0 saturated heterocycles. The molecule has 2 aromatic rings. The Morgan fingerprint density at radius 2 is 2.00 bits per heavy atom. The van der Waals surface area contributed by atoms with Crippen LogP contribution in [0.5, 0.6) is 11.6 Å². The minimum Gasteiger partial charge on any atom is -0.497 e. The molecule has 0 aliphatic heterocycles. The lowest BCUT2D eigenvalue weighted by atomic mass is 10.1. The highest BCUT2D eigenvalue weighted by molar-refractivity contribution is 5.28. The number of pyridine rings is 1. The predicted octanol–water partition coefficient (Wildman–Crippen LogP) is 2.43. The van der Waals surface area contributed by atoms with Crippen LogP contribution in [0.25, 0.3) is 0 Å². The fraction of sp³-hybridized carbons (Fsp3) is 0.312. The molecule has 0 spiro atoms. The van der Waals surface area contributed by atoms with E-state index in [2.05, 4.69) is 22.4 Å². The quantitative estimate of drug-likeness (QED) is 0.786. The lowest BCUT2D eigenvalue weighted by Crippen LogP contribution is -2.17. The van der Waals surface area contributed by atoms with Crippen LogP contribution >= 0.6 is 0 Å². The molecule has 0 aliphatic rings. The highest BCUT2D eigenvalue weighted by Crippen LogP contribution is 2.14. The van der Waals surface area contributed by atoms with Gasteiger partial charge >= 0.3 is 0 Å². The lowest BCUT2D eigenvalue weighted by molar-refractivity contribution is 0.390. The molecular formula is C16H20N2O2. The summed E-state index contributed by atoms with van der Waals surface area (Å²) in [7, 11) is 3.33. The predicted molar refractivity (Wildman–Crippen MR) is 79.2 cm³/mol. The summed E-state index contributed by atoms with van der Waals surface area (Å²) >= 11 is 0. The summed E-state index contributed by atoms with van der Waals surface area (Å²) in [6, 6.07) is 12.1. The van der Waals surface area contributed by atoms with Crippen LogP contribution in [0.1, 0.15) is 11.1 Å². The minimum atomic E-state index is 0.682. The van der Waals surface area contributed by atoms with Crippen LogP contribution in [0, 0.1) is 0 Å². The second-order valence-electron chi connectivity index (χ2n) is 4.45. The molecule has 4 nitrogen and oxygen atoms in total. The van der Waals surface area contributed by atoms with Gasteiger partial charge in [-0.25, -0.2) is 4.98 Å². The molecule has 0 aliphatic carbocycles. The van der Waals surface area contributed by atoms with Gasteiger partial charge < -0.3 is 14.8 Å². The molecule has 4 heteroatoms. The average Bonchev–Trinajstić information content (AvgIpc) is 2.52. The minimum absolute atomic E-state index is 0.682. The van der Waals surface area contributed by atoms with Crippen molar-refractivity contribution in [2.75, 3.05) is 20.8 Å². The van der Waals surface area contributed by atoms with E-state index in [0.29, 0.717) is 5.88 Å². The molecule has 1 heterocycles. The van der Waals surface area contributed by atoms with Gasteiger partial charge in [-0.15, -0.1) is 0 Å². The Morgan fingerprint density at radius 3 is 2.80 bits per heavy atom. The van der Waals surface area contributed by atoms with Gasteiger partial charge in [0.1, 0.15) is 5.75 Å². The molecule has 0 amide bonds. The van der Waals surface area contributed by atoms with E-state index in [-0.39, 0.29) is 0 Å². The first-order chi connectivity index (χ1) is 9.83. The van der Waals surface area contributed by atoms with E-state index < -0.39 is 0 Å². The molecule has 0 atom stereocenters. The van der Waals surface area contributed by atoms with Crippen molar-refractivity contribution in [1.82, 2.24) is 10.3 Å². The van der Waals surface area contributed by atoms with Crippen molar-refractivity contribution in [3.63, 3.8) is 0 Å². The lowest BCUT2D eigenvalue weighted by Gasteiger charge is -2.09. The number of methoxy groups -OCH3 is 2. The summed E-state index contributed by atoms with van der Waals surface area (Å²) in [6.07, 6.45) is 2.69. The molecule has 2 rings (SSSR count). The molecule has 0 radical (unpaired) electrons.